The highest BCUT2D eigenvalue weighted by atomic mass is 127. The standard InChI is InChI=1S/C29H22ClIN2O3S/c1-17-22(30)11-6-12-24(17)32-29-33-28(34)26(37-29)15-18-13-23(31)27(25(14-18)35-2)36-16-20-9-5-8-19-7-3-4-10-21(19)20/h3-15H,16H2,1-2H3,(H,32,33,34)/b26-15+. The number of thioether (sulfide) groups is 1. The lowest BCUT2D eigenvalue weighted by Crippen LogP contribution is -2.19. The van der Waals surface area contributed by atoms with Crippen molar-refractivity contribution < 1.29 is 14.3 Å². The van der Waals surface area contributed by atoms with Gasteiger partial charge in [-0.2, -0.15) is 0 Å². The molecular formula is C29H22ClIN2O3S. The monoisotopic (exact) mass is 640 g/mol. The number of amidine groups is 1. The molecule has 4 aromatic rings. The second-order valence-corrected chi connectivity index (χ2v) is 10.9. The van der Waals surface area contributed by atoms with Gasteiger partial charge in [0.1, 0.15) is 6.61 Å². The van der Waals surface area contributed by atoms with Crippen molar-refractivity contribution in [3.05, 3.63) is 103 Å². The van der Waals surface area contributed by atoms with Gasteiger partial charge in [0.25, 0.3) is 5.91 Å². The Morgan fingerprint density at radius 2 is 1.86 bits per heavy atom. The summed E-state index contributed by atoms with van der Waals surface area (Å²) in [6.45, 7) is 2.31. The molecular weight excluding hydrogens is 619 g/mol. The van der Waals surface area contributed by atoms with Gasteiger partial charge in [-0.1, -0.05) is 60.1 Å². The van der Waals surface area contributed by atoms with Crippen molar-refractivity contribution in [1.29, 1.82) is 0 Å². The smallest absolute Gasteiger partial charge is 0.264 e. The molecule has 0 saturated carbocycles. The molecule has 0 atom stereocenters. The van der Waals surface area contributed by atoms with E-state index in [4.69, 9.17) is 21.1 Å². The molecule has 1 N–H and O–H groups in total. The van der Waals surface area contributed by atoms with Crippen molar-refractivity contribution in [2.24, 2.45) is 4.99 Å². The van der Waals surface area contributed by atoms with E-state index in [1.54, 1.807) is 7.11 Å². The number of methoxy groups -OCH3 is 1. The van der Waals surface area contributed by atoms with Gasteiger partial charge in [0.05, 0.1) is 21.3 Å². The van der Waals surface area contributed by atoms with Crippen LogP contribution in [-0.2, 0) is 11.4 Å². The first-order valence-electron chi connectivity index (χ1n) is 11.4. The molecule has 1 saturated heterocycles. The molecule has 1 fully saturated rings. The third-order valence-electron chi connectivity index (χ3n) is 5.91. The molecule has 1 amide bonds. The first-order valence-corrected chi connectivity index (χ1v) is 13.7. The molecule has 0 spiro atoms. The van der Waals surface area contributed by atoms with Gasteiger partial charge in [-0.05, 0) is 99.1 Å². The minimum atomic E-state index is -0.200. The third-order valence-corrected chi connectivity index (χ3v) is 8.03. The Bertz CT molecular complexity index is 1580. The predicted octanol–water partition coefficient (Wildman–Crippen LogP) is 7.89. The second-order valence-electron chi connectivity index (χ2n) is 8.33. The number of fused-ring (bicyclic) bond motifs is 1. The summed E-state index contributed by atoms with van der Waals surface area (Å²) in [5, 5.41) is 6.32. The van der Waals surface area contributed by atoms with Gasteiger partial charge in [-0.25, -0.2) is 4.99 Å². The summed E-state index contributed by atoms with van der Waals surface area (Å²) >= 11 is 9.73. The van der Waals surface area contributed by atoms with Crippen LogP contribution in [0.4, 0.5) is 5.69 Å². The first-order chi connectivity index (χ1) is 17.9. The molecule has 4 aromatic carbocycles. The lowest BCUT2D eigenvalue weighted by molar-refractivity contribution is -0.115. The van der Waals surface area contributed by atoms with Gasteiger partial charge in [0, 0.05) is 5.02 Å². The predicted molar refractivity (Wildman–Crippen MR) is 161 cm³/mol. The Morgan fingerprint density at radius 1 is 1.08 bits per heavy atom. The summed E-state index contributed by atoms with van der Waals surface area (Å²) in [4.78, 5) is 17.8. The average Bonchev–Trinajstić information content (AvgIpc) is 3.24. The highest BCUT2D eigenvalue weighted by molar-refractivity contribution is 14.1. The molecule has 0 unspecified atom stereocenters. The molecule has 8 heteroatoms. The number of hydrogen-bond acceptors (Lipinski definition) is 5. The normalized spacial score (nSPS) is 15.4. The van der Waals surface area contributed by atoms with Gasteiger partial charge in [0.2, 0.25) is 0 Å². The number of rotatable bonds is 6. The zero-order chi connectivity index (χ0) is 25.9. The van der Waals surface area contributed by atoms with E-state index in [-0.39, 0.29) is 5.91 Å². The van der Waals surface area contributed by atoms with Crippen LogP contribution < -0.4 is 14.8 Å². The number of carbonyl (C=O) groups excluding carboxylic acids is 1. The zero-order valence-electron chi connectivity index (χ0n) is 20.0. The largest absolute Gasteiger partial charge is 0.493 e. The number of ether oxygens (including phenoxy) is 2. The third kappa shape index (κ3) is 5.63. The van der Waals surface area contributed by atoms with E-state index in [1.807, 2.05) is 61.5 Å². The molecule has 5 rings (SSSR count). The Hall–Kier alpha value is -3.01. The molecule has 1 aliphatic heterocycles. The van der Waals surface area contributed by atoms with Crippen molar-refractivity contribution in [1.82, 2.24) is 5.32 Å². The number of carbonyl (C=O) groups is 1. The van der Waals surface area contributed by atoms with Crippen molar-refractivity contribution in [2.45, 2.75) is 13.5 Å². The van der Waals surface area contributed by atoms with Gasteiger partial charge < -0.3 is 14.8 Å². The van der Waals surface area contributed by atoms with Crippen molar-refractivity contribution in [3.63, 3.8) is 0 Å². The molecule has 0 bridgehead atoms. The quantitative estimate of drug-likeness (QED) is 0.172. The average molecular weight is 641 g/mol. The van der Waals surface area contributed by atoms with Crippen LogP contribution in [0.5, 0.6) is 11.5 Å². The molecule has 0 radical (unpaired) electrons. The van der Waals surface area contributed by atoms with Gasteiger partial charge >= 0.3 is 0 Å². The van der Waals surface area contributed by atoms with E-state index >= 15 is 0 Å². The number of nitrogens with zero attached hydrogens (tertiary/aromatic N) is 1. The maximum Gasteiger partial charge on any atom is 0.264 e. The van der Waals surface area contributed by atoms with Gasteiger partial charge in [-0.15, -0.1) is 0 Å². The SMILES string of the molecule is COc1cc(/C=C2/SC(=Nc3cccc(Cl)c3C)NC2=O)cc(I)c1OCc1cccc2ccccc12. The number of halogens is 2. The topological polar surface area (TPSA) is 59.9 Å². The van der Waals surface area contributed by atoms with Crippen LogP contribution in [-0.4, -0.2) is 18.2 Å². The lowest BCUT2D eigenvalue weighted by Gasteiger charge is -2.15. The summed E-state index contributed by atoms with van der Waals surface area (Å²) in [6.07, 6.45) is 1.83. The van der Waals surface area contributed by atoms with Crippen LogP contribution in [0.1, 0.15) is 16.7 Å². The van der Waals surface area contributed by atoms with E-state index in [0.29, 0.717) is 33.2 Å². The minimum absolute atomic E-state index is 0.200. The van der Waals surface area contributed by atoms with E-state index in [0.717, 1.165) is 31.3 Å². The summed E-state index contributed by atoms with van der Waals surface area (Å²) in [7, 11) is 1.61. The Balaban J connectivity index is 1.38. The minimum Gasteiger partial charge on any atom is -0.493 e. The van der Waals surface area contributed by atoms with Crippen LogP contribution in [0.3, 0.4) is 0 Å². The highest BCUT2D eigenvalue weighted by Crippen LogP contribution is 2.37. The zero-order valence-corrected chi connectivity index (χ0v) is 23.8. The number of hydrogen-bond donors (Lipinski definition) is 1. The Kier molecular flexibility index (Phi) is 7.73. The summed E-state index contributed by atoms with van der Waals surface area (Å²) in [5.74, 6) is 1.07. The number of aliphatic imine (C=N–C) groups is 1. The molecule has 0 aliphatic carbocycles. The Morgan fingerprint density at radius 3 is 2.70 bits per heavy atom. The maximum atomic E-state index is 12.6. The van der Waals surface area contributed by atoms with Crippen LogP contribution in [0.25, 0.3) is 16.8 Å². The van der Waals surface area contributed by atoms with E-state index in [2.05, 4.69) is 57.2 Å². The van der Waals surface area contributed by atoms with Crippen LogP contribution in [0.2, 0.25) is 5.02 Å². The van der Waals surface area contributed by atoms with Crippen LogP contribution in [0.15, 0.2) is 82.7 Å². The van der Waals surface area contributed by atoms with Crippen molar-refractivity contribution in [2.75, 3.05) is 7.11 Å². The number of benzene rings is 4. The van der Waals surface area contributed by atoms with Crippen LogP contribution in [0, 0.1) is 10.5 Å². The second kappa shape index (κ2) is 11.2. The van der Waals surface area contributed by atoms with Crippen molar-refractivity contribution >= 4 is 79.6 Å². The summed E-state index contributed by atoms with van der Waals surface area (Å²) < 4.78 is 12.8. The van der Waals surface area contributed by atoms with Gasteiger partial charge in [-0.3, -0.25) is 4.79 Å². The lowest BCUT2D eigenvalue weighted by atomic mass is 10.1. The van der Waals surface area contributed by atoms with E-state index < -0.39 is 0 Å². The fourth-order valence-corrected chi connectivity index (χ4v) is 5.78. The summed E-state index contributed by atoms with van der Waals surface area (Å²) in [6, 6.07) is 23.8. The Labute approximate surface area is 238 Å². The van der Waals surface area contributed by atoms with Crippen LogP contribution >= 0.6 is 46.0 Å². The molecule has 186 valence electrons. The molecule has 5 nitrogen and oxygen atoms in total. The number of nitrogens with one attached hydrogen (secondary N) is 1. The molecule has 37 heavy (non-hydrogen) atoms. The molecule has 1 aliphatic rings. The highest BCUT2D eigenvalue weighted by Gasteiger charge is 2.24. The first kappa shape index (κ1) is 25.6. The van der Waals surface area contributed by atoms with E-state index in [1.165, 1.54) is 17.1 Å². The molecule has 1 heterocycles. The van der Waals surface area contributed by atoms with Gasteiger partial charge in [0.15, 0.2) is 16.7 Å². The maximum absolute atomic E-state index is 12.6. The fraction of sp³-hybridized carbons (Fsp3) is 0.103. The summed E-state index contributed by atoms with van der Waals surface area (Å²) in [5.41, 5.74) is 3.52. The molecule has 0 aromatic heterocycles. The fourth-order valence-electron chi connectivity index (χ4n) is 3.99. The van der Waals surface area contributed by atoms with Crippen molar-refractivity contribution in [3.8, 4) is 11.5 Å². The van der Waals surface area contributed by atoms with E-state index in [9.17, 15) is 4.79 Å². The number of amides is 1.